The third kappa shape index (κ3) is 3.76. The molecule has 0 aliphatic rings. The number of hydrogen-bond donors (Lipinski definition) is 4. The van der Waals surface area contributed by atoms with Crippen molar-refractivity contribution >= 4 is 12.2 Å². The molecule has 1 heterocycles. The van der Waals surface area contributed by atoms with Crippen LogP contribution in [-0.4, -0.2) is 43.3 Å². The van der Waals surface area contributed by atoms with Crippen molar-refractivity contribution in [1.29, 1.82) is 0 Å². The first kappa shape index (κ1) is 17.6. The van der Waals surface area contributed by atoms with Crippen LogP contribution < -0.4 is 0 Å². The Hall–Kier alpha value is -2.77. The van der Waals surface area contributed by atoms with Gasteiger partial charge in [-0.15, -0.1) is 0 Å². The number of pyridine rings is 1. The zero-order valence-corrected chi connectivity index (χ0v) is 13.0. The number of aliphatic imine (C=N–C) groups is 1. The lowest BCUT2D eigenvalue weighted by Crippen LogP contribution is -2.39. The number of hydrogen-bond acceptors (Lipinski definition) is 6. The van der Waals surface area contributed by atoms with Gasteiger partial charge in [-0.05, 0) is 12.5 Å². The molecule has 0 saturated carbocycles. The molecule has 0 spiro atoms. The van der Waals surface area contributed by atoms with Crippen LogP contribution in [0.4, 0.5) is 0 Å². The summed E-state index contributed by atoms with van der Waals surface area (Å²) in [5.74, 6) is -1.74. The number of aliphatic hydroxyl groups is 2. The SMILES string of the molecule is Cc1ncc(CO)c(C=NC(O)(Cc2ccccc2)C(=O)O)c1O. The van der Waals surface area contributed by atoms with E-state index >= 15 is 0 Å². The van der Waals surface area contributed by atoms with Crippen molar-refractivity contribution in [2.45, 2.75) is 25.7 Å². The maximum absolute atomic E-state index is 11.5. The second-order valence-corrected chi connectivity index (χ2v) is 5.33. The van der Waals surface area contributed by atoms with Gasteiger partial charge in [0, 0.05) is 30.0 Å². The summed E-state index contributed by atoms with van der Waals surface area (Å²) in [6, 6.07) is 8.58. The highest BCUT2D eigenvalue weighted by molar-refractivity contribution is 5.88. The van der Waals surface area contributed by atoms with Gasteiger partial charge in [-0.2, -0.15) is 0 Å². The fourth-order valence-corrected chi connectivity index (χ4v) is 2.15. The first-order chi connectivity index (χ1) is 11.4. The Morgan fingerprint density at radius 2 is 2.00 bits per heavy atom. The molecule has 0 bridgehead atoms. The number of carbonyl (C=O) groups is 1. The molecule has 2 rings (SSSR count). The number of aliphatic carboxylic acids is 1. The largest absolute Gasteiger partial charge is 0.505 e. The number of carboxylic acids is 1. The lowest BCUT2D eigenvalue weighted by Gasteiger charge is -2.19. The summed E-state index contributed by atoms with van der Waals surface area (Å²) in [7, 11) is 0. The average Bonchev–Trinajstić information content (AvgIpc) is 2.57. The molecule has 0 amide bonds. The van der Waals surface area contributed by atoms with Crippen molar-refractivity contribution in [3.05, 3.63) is 58.9 Å². The van der Waals surface area contributed by atoms with Crippen LogP contribution in [-0.2, 0) is 17.8 Å². The van der Waals surface area contributed by atoms with Crippen LogP contribution >= 0.6 is 0 Å². The van der Waals surface area contributed by atoms with Crippen molar-refractivity contribution in [3.8, 4) is 5.75 Å². The first-order valence-corrected chi connectivity index (χ1v) is 7.20. The van der Waals surface area contributed by atoms with Crippen LogP contribution in [0.1, 0.15) is 22.4 Å². The minimum atomic E-state index is -2.39. The van der Waals surface area contributed by atoms with Gasteiger partial charge in [0.05, 0.1) is 12.3 Å². The smallest absolute Gasteiger partial charge is 0.359 e. The van der Waals surface area contributed by atoms with Crippen LogP contribution in [0.2, 0.25) is 0 Å². The van der Waals surface area contributed by atoms with Gasteiger partial charge >= 0.3 is 5.97 Å². The quantitative estimate of drug-likeness (QED) is 0.586. The molecule has 7 heteroatoms. The summed E-state index contributed by atoms with van der Waals surface area (Å²) in [4.78, 5) is 19.1. The Morgan fingerprint density at radius 1 is 1.33 bits per heavy atom. The molecule has 4 N–H and O–H groups in total. The standard InChI is InChI=1S/C17H18N2O5/c1-11-15(21)14(13(10-20)8-18-11)9-19-17(24,16(22)23)7-12-5-3-2-4-6-12/h2-6,8-9,20-21,24H,7,10H2,1H3,(H,22,23). The minimum Gasteiger partial charge on any atom is -0.505 e. The number of aromatic hydroxyl groups is 1. The summed E-state index contributed by atoms with van der Waals surface area (Å²) in [5, 5.41) is 39.1. The zero-order chi connectivity index (χ0) is 17.7. The van der Waals surface area contributed by atoms with E-state index < -0.39 is 18.3 Å². The third-order valence-electron chi connectivity index (χ3n) is 3.57. The van der Waals surface area contributed by atoms with Crippen molar-refractivity contribution in [2.24, 2.45) is 4.99 Å². The van der Waals surface area contributed by atoms with E-state index in [2.05, 4.69) is 9.98 Å². The summed E-state index contributed by atoms with van der Waals surface area (Å²) in [6.07, 6.45) is 2.17. The average molecular weight is 330 g/mol. The van der Waals surface area contributed by atoms with Crippen molar-refractivity contribution in [3.63, 3.8) is 0 Å². The fraction of sp³-hybridized carbons (Fsp3) is 0.235. The lowest BCUT2D eigenvalue weighted by molar-refractivity contribution is -0.157. The maximum Gasteiger partial charge on any atom is 0.359 e. The van der Waals surface area contributed by atoms with Crippen LogP contribution in [0.15, 0.2) is 41.5 Å². The van der Waals surface area contributed by atoms with E-state index in [1.54, 1.807) is 37.3 Å². The molecule has 0 aliphatic carbocycles. The summed E-state index contributed by atoms with van der Waals surface area (Å²) in [6.45, 7) is 1.15. The number of aryl methyl sites for hydroxylation is 1. The Morgan fingerprint density at radius 3 is 2.58 bits per heavy atom. The number of aliphatic hydroxyl groups excluding tert-OH is 1. The third-order valence-corrected chi connectivity index (χ3v) is 3.57. The Balaban J connectivity index is 2.39. The van der Waals surface area contributed by atoms with Crippen LogP contribution in [0.3, 0.4) is 0 Å². The molecular weight excluding hydrogens is 312 g/mol. The molecular formula is C17H18N2O5. The van der Waals surface area contributed by atoms with Gasteiger partial charge in [0.1, 0.15) is 5.75 Å². The molecule has 1 aromatic heterocycles. The van der Waals surface area contributed by atoms with Gasteiger partial charge in [-0.1, -0.05) is 30.3 Å². The first-order valence-electron chi connectivity index (χ1n) is 7.20. The van der Waals surface area contributed by atoms with Gasteiger partial charge in [0.15, 0.2) is 0 Å². The van der Waals surface area contributed by atoms with E-state index in [9.17, 15) is 25.2 Å². The molecule has 0 fully saturated rings. The molecule has 7 nitrogen and oxygen atoms in total. The molecule has 24 heavy (non-hydrogen) atoms. The number of benzene rings is 1. The molecule has 0 radical (unpaired) electrons. The highest BCUT2D eigenvalue weighted by Crippen LogP contribution is 2.23. The van der Waals surface area contributed by atoms with Crippen molar-refractivity contribution < 1.29 is 25.2 Å². The summed E-state index contributed by atoms with van der Waals surface area (Å²) in [5.41, 5.74) is -1.10. The summed E-state index contributed by atoms with van der Waals surface area (Å²) < 4.78 is 0. The van der Waals surface area contributed by atoms with Crippen LogP contribution in [0.5, 0.6) is 5.75 Å². The molecule has 126 valence electrons. The Labute approximate surface area is 138 Å². The topological polar surface area (TPSA) is 123 Å². The predicted molar refractivity (Wildman–Crippen MR) is 86.9 cm³/mol. The Kier molecular flexibility index (Phi) is 5.28. The minimum absolute atomic E-state index is 0.123. The van der Waals surface area contributed by atoms with Gasteiger partial charge < -0.3 is 20.4 Å². The molecule has 1 unspecified atom stereocenters. The van der Waals surface area contributed by atoms with Gasteiger partial charge in [0.25, 0.3) is 5.72 Å². The van der Waals surface area contributed by atoms with E-state index in [-0.39, 0.29) is 23.3 Å². The molecule has 0 aliphatic heterocycles. The molecule has 1 atom stereocenters. The normalized spacial score (nSPS) is 13.8. The van der Waals surface area contributed by atoms with Gasteiger partial charge in [-0.25, -0.2) is 9.79 Å². The highest BCUT2D eigenvalue weighted by Gasteiger charge is 2.35. The lowest BCUT2D eigenvalue weighted by atomic mass is 10.0. The fourth-order valence-electron chi connectivity index (χ4n) is 2.15. The molecule has 1 aromatic carbocycles. The van der Waals surface area contributed by atoms with Crippen LogP contribution in [0.25, 0.3) is 0 Å². The number of rotatable bonds is 6. The number of nitrogens with zero attached hydrogens (tertiary/aromatic N) is 2. The van der Waals surface area contributed by atoms with Gasteiger partial charge in [-0.3, -0.25) is 4.98 Å². The zero-order valence-electron chi connectivity index (χ0n) is 13.0. The number of aromatic nitrogens is 1. The van der Waals surface area contributed by atoms with E-state index in [4.69, 9.17) is 0 Å². The predicted octanol–water partition coefficient (Wildman–Crippen LogP) is 1.02. The summed E-state index contributed by atoms with van der Waals surface area (Å²) >= 11 is 0. The highest BCUT2D eigenvalue weighted by atomic mass is 16.4. The van der Waals surface area contributed by atoms with Crippen molar-refractivity contribution in [1.82, 2.24) is 4.98 Å². The monoisotopic (exact) mass is 330 g/mol. The maximum atomic E-state index is 11.5. The molecule has 2 aromatic rings. The van der Waals surface area contributed by atoms with E-state index in [1.165, 1.54) is 6.20 Å². The number of carboxylic acid groups (broad SMARTS) is 1. The second-order valence-electron chi connectivity index (χ2n) is 5.33. The Bertz CT molecular complexity index is 761. The second kappa shape index (κ2) is 7.20. The van der Waals surface area contributed by atoms with Crippen LogP contribution in [0, 0.1) is 6.92 Å². The van der Waals surface area contributed by atoms with E-state index in [0.717, 1.165) is 6.21 Å². The van der Waals surface area contributed by atoms with E-state index in [0.29, 0.717) is 11.3 Å². The van der Waals surface area contributed by atoms with E-state index in [1.807, 2.05) is 0 Å². The molecule has 0 saturated heterocycles. The van der Waals surface area contributed by atoms with Crippen molar-refractivity contribution in [2.75, 3.05) is 0 Å². The van der Waals surface area contributed by atoms with Gasteiger partial charge in [0.2, 0.25) is 0 Å².